The summed E-state index contributed by atoms with van der Waals surface area (Å²) in [6.07, 6.45) is 3.58. The molecule has 1 fully saturated rings. The standard InChI is InChI=1S/C21H21FN4O3S2/c22-18-7-4-16(5-8-18)6-9-20-23-21(25-24-20)30-15-17-2-1-3-19(14-17)31(27,28)26-10-12-29-13-11-26/h1-9,14H,10-13,15H2,(H,23,24,25)/b9-6+. The van der Waals surface area contributed by atoms with Crippen LogP contribution >= 0.6 is 11.8 Å². The number of nitrogens with one attached hydrogen (secondary N) is 1. The Hall–Kier alpha value is -2.53. The highest BCUT2D eigenvalue weighted by atomic mass is 32.2. The lowest BCUT2D eigenvalue weighted by Crippen LogP contribution is -2.40. The predicted octanol–water partition coefficient (Wildman–Crippen LogP) is 3.43. The number of thioether (sulfide) groups is 1. The fraction of sp³-hybridized carbons (Fsp3) is 0.238. The van der Waals surface area contributed by atoms with E-state index >= 15 is 0 Å². The zero-order valence-electron chi connectivity index (χ0n) is 16.6. The maximum Gasteiger partial charge on any atom is 0.243 e. The molecular weight excluding hydrogens is 439 g/mol. The van der Waals surface area contributed by atoms with Gasteiger partial charge in [-0.2, -0.15) is 4.31 Å². The van der Waals surface area contributed by atoms with Crippen molar-refractivity contribution in [1.29, 1.82) is 0 Å². The van der Waals surface area contributed by atoms with Crippen LogP contribution in [-0.2, 0) is 20.5 Å². The zero-order chi connectivity index (χ0) is 21.7. The number of sulfonamides is 1. The summed E-state index contributed by atoms with van der Waals surface area (Å²) in [6.45, 7) is 1.56. The molecule has 1 aliphatic heterocycles. The van der Waals surface area contributed by atoms with Gasteiger partial charge in [-0.05, 0) is 41.5 Å². The molecule has 0 radical (unpaired) electrons. The Kier molecular flexibility index (Phi) is 6.81. The van der Waals surface area contributed by atoms with Crippen LogP contribution in [0.1, 0.15) is 17.0 Å². The summed E-state index contributed by atoms with van der Waals surface area (Å²) in [5.41, 5.74) is 1.72. The van der Waals surface area contributed by atoms with Crippen molar-refractivity contribution >= 4 is 33.9 Å². The van der Waals surface area contributed by atoms with Crippen molar-refractivity contribution in [2.75, 3.05) is 26.3 Å². The minimum absolute atomic E-state index is 0.280. The van der Waals surface area contributed by atoms with Crippen LogP contribution in [0.4, 0.5) is 4.39 Å². The number of nitrogens with zero attached hydrogens (tertiary/aromatic N) is 3. The zero-order valence-corrected chi connectivity index (χ0v) is 18.2. The van der Waals surface area contributed by atoms with Gasteiger partial charge in [0.25, 0.3) is 0 Å². The molecular formula is C21H21FN4O3S2. The first-order valence-electron chi connectivity index (χ1n) is 9.66. The van der Waals surface area contributed by atoms with Gasteiger partial charge in [-0.15, -0.1) is 5.10 Å². The molecule has 1 saturated heterocycles. The largest absolute Gasteiger partial charge is 0.379 e. The molecule has 31 heavy (non-hydrogen) atoms. The molecule has 7 nitrogen and oxygen atoms in total. The average molecular weight is 461 g/mol. The molecule has 0 saturated carbocycles. The molecule has 10 heteroatoms. The smallest absolute Gasteiger partial charge is 0.243 e. The minimum atomic E-state index is -3.53. The van der Waals surface area contributed by atoms with Crippen molar-refractivity contribution in [2.24, 2.45) is 0 Å². The van der Waals surface area contributed by atoms with Crippen molar-refractivity contribution in [3.63, 3.8) is 0 Å². The quantitative estimate of drug-likeness (QED) is 0.544. The molecule has 0 spiro atoms. The van der Waals surface area contributed by atoms with Gasteiger partial charge in [0.15, 0.2) is 0 Å². The van der Waals surface area contributed by atoms with Gasteiger partial charge in [0, 0.05) is 18.8 Å². The summed E-state index contributed by atoms with van der Waals surface area (Å²) in [4.78, 5) is 4.68. The normalized spacial score (nSPS) is 15.5. The molecule has 1 aliphatic rings. The summed E-state index contributed by atoms with van der Waals surface area (Å²) in [5.74, 6) is 0.832. The van der Waals surface area contributed by atoms with Crippen LogP contribution in [0.3, 0.4) is 0 Å². The van der Waals surface area contributed by atoms with Gasteiger partial charge in [-0.25, -0.2) is 17.8 Å². The second-order valence-corrected chi connectivity index (χ2v) is 9.72. The highest BCUT2D eigenvalue weighted by Crippen LogP contribution is 2.23. The third kappa shape index (κ3) is 5.59. The Morgan fingerprint density at radius 2 is 1.90 bits per heavy atom. The number of H-pyrrole nitrogens is 1. The van der Waals surface area contributed by atoms with Gasteiger partial charge in [0.05, 0.1) is 18.1 Å². The first-order valence-corrected chi connectivity index (χ1v) is 12.1. The fourth-order valence-corrected chi connectivity index (χ4v) is 5.25. The third-order valence-electron chi connectivity index (χ3n) is 4.66. The molecule has 0 atom stereocenters. The number of benzene rings is 2. The predicted molar refractivity (Wildman–Crippen MR) is 117 cm³/mol. The molecule has 4 rings (SSSR count). The van der Waals surface area contributed by atoms with Crippen molar-refractivity contribution < 1.29 is 17.5 Å². The number of morpholine rings is 1. The maximum atomic E-state index is 13.0. The van der Waals surface area contributed by atoms with E-state index in [1.54, 1.807) is 36.4 Å². The number of hydrogen-bond donors (Lipinski definition) is 1. The van der Waals surface area contributed by atoms with E-state index in [9.17, 15) is 12.8 Å². The average Bonchev–Trinajstić information content (AvgIpc) is 3.26. The highest BCUT2D eigenvalue weighted by Gasteiger charge is 2.26. The lowest BCUT2D eigenvalue weighted by molar-refractivity contribution is 0.0730. The van der Waals surface area contributed by atoms with E-state index in [0.717, 1.165) is 11.1 Å². The maximum absolute atomic E-state index is 13.0. The van der Waals surface area contributed by atoms with E-state index in [-0.39, 0.29) is 10.7 Å². The summed E-state index contributed by atoms with van der Waals surface area (Å²) in [7, 11) is -3.53. The third-order valence-corrected chi connectivity index (χ3v) is 7.47. The second-order valence-electron chi connectivity index (χ2n) is 6.84. The van der Waals surface area contributed by atoms with E-state index < -0.39 is 10.0 Å². The Bertz CT molecular complexity index is 1160. The number of hydrogen-bond acceptors (Lipinski definition) is 6. The van der Waals surface area contributed by atoms with Crippen molar-refractivity contribution in [3.8, 4) is 0 Å². The molecule has 2 heterocycles. The van der Waals surface area contributed by atoms with Crippen molar-refractivity contribution in [3.05, 3.63) is 71.3 Å². The molecule has 1 N–H and O–H groups in total. The monoisotopic (exact) mass is 460 g/mol. The van der Waals surface area contributed by atoms with Crippen LogP contribution in [-0.4, -0.2) is 54.2 Å². The molecule has 3 aromatic rings. The van der Waals surface area contributed by atoms with Gasteiger partial charge >= 0.3 is 0 Å². The van der Waals surface area contributed by atoms with E-state index in [1.165, 1.54) is 28.2 Å². The van der Waals surface area contributed by atoms with E-state index in [0.29, 0.717) is 43.0 Å². The minimum Gasteiger partial charge on any atom is -0.379 e. The molecule has 0 bridgehead atoms. The van der Waals surface area contributed by atoms with Crippen LogP contribution in [0.25, 0.3) is 12.2 Å². The highest BCUT2D eigenvalue weighted by molar-refractivity contribution is 7.98. The second kappa shape index (κ2) is 9.73. The Labute approximate surface area is 184 Å². The first-order chi connectivity index (χ1) is 15.0. The lowest BCUT2D eigenvalue weighted by atomic mass is 10.2. The van der Waals surface area contributed by atoms with Crippen LogP contribution < -0.4 is 0 Å². The van der Waals surface area contributed by atoms with Crippen molar-refractivity contribution in [1.82, 2.24) is 19.5 Å². The number of ether oxygens (including phenoxy) is 1. The van der Waals surface area contributed by atoms with E-state index in [2.05, 4.69) is 15.2 Å². The van der Waals surface area contributed by atoms with E-state index in [4.69, 9.17) is 4.74 Å². The van der Waals surface area contributed by atoms with Gasteiger partial charge in [0.2, 0.25) is 15.2 Å². The summed E-state index contributed by atoms with van der Waals surface area (Å²) < 4.78 is 45.3. The number of halogens is 1. The SMILES string of the molecule is O=S(=O)(c1cccc(CSc2n[nH]c(/C=C/c3ccc(F)cc3)n2)c1)N1CCOCC1. The lowest BCUT2D eigenvalue weighted by Gasteiger charge is -2.26. The fourth-order valence-electron chi connectivity index (χ4n) is 3.03. The van der Waals surface area contributed by atoms with Crippen LogP contribution in [0.5, 0.6) is 0 Å². The summed E-state index contributed by atoms with van der Waals surface area (Å²) >= 11 is 1.41. The van der Waals surface area contributed by atoms with Crippen LogP contribution in [0.2, 0.25) is 0 Å². The van der Waals surface area contributed by atoms with Gasteiger partial charge < -0.3 is 4.74 Å². The van der Waals surface area contributed by atoms with Crippen LogP contribution in [0, 0.1) is 5.82 Å². The number of rotatable bonds is 7. The van der Waals surface area contributed by atoms with E-state index in [1.807, 2.05) is 12.1 Å². The van der Waals surface area contributed by atoms with Gasteiger partial charge in [-0.1, -0.05) is 42.1 Å². The first kappa shape index (κ1) is 21.7. The summed E-state index contributed by atoms with van der Waals surface area (Å²) in [5, 5.41) is 7.58. The van der Waals surface area contributed by atoms with Crippen LogP contribution in [0.15, 0.2) is 58.6 Å². The Morgan fingerprint density at radius 1 is 1.13 bits per heavy atom. The molecule has 162 valence electrons. The number of aromatic amines is 1. The molecule has 0 unspecified atom stereocenters. The molecule has 0 amide bonds. The van der Waals surface area contributed by atoms with Crippen molar-refractivity contribution in [2.45, 2.75) is 15.8 Å². The molecule has 0 aliphatic carbocycles. The Balaban J connectivity index is 1.38. The Morgan fingerprint density at radius 3 is 2.68 bits per heavy atom. The molecule has 2 aromatic carbocycles. The number of aromatic nitrogens is 3. The summed E-state index contributed by atoms with van der Waals surface area (Å²) in [6, 6.07) is 13.1. The van der Waals surface area contributed by atoms with Gasteiger partial charge in [-0.3, -0.25) is 5.10 Å². The topological polar surface area (TPSA) is 88.2 Å². The molecule has 1 aromatic heterocycles. The van der Waals surface area contributed by atoms with Gasteiger partial charge in [0.1, 0.15) is 11.6 Å².